The fourth-order valence-corrected chi connectivity index (χ4v) is 1.95. The first kappa shape index (κ1) is 12.6. The zero-order chi connectivity index (χ0) is 13.3. The van der Waals surface area contributed by atoms with Gasteiger partial charge in [-0.15, -0.1) is 0 Å². The minimum absolute atomic E-state index is 0.105. The van der Waals surface area contributed by atoms with E-state index in [1.165, 1.54) is 4.90 Å². The molecule has 0 radical (unpaired) electrons. The Kier molecular flexibility index (Phi) is 3.10. The van der Waals surface area contributed by atoms with Crippen LogP contribution in [0.1, 0.15) is 18.5 Å². The largest absolute Gasteiger partial charge is 0.433 e. The van der Waals surface area contributed by atoms with Crippen LogP contribution < -0.4 is 10.6 Å². The van der Waals surface area contributed by atoms with E-state index in [1.54, 1.807) is 0 Å². The number of aromatic nitrogens is 2. The fraction of sp³-hybridized carbons (Fsp3) is 0.500. The Morgan fingerprint density at radius 1 is 1.50 bits per heavy atom. The molecule has 0 spiro atoms. The number of amides is 1. The van der Waals surface area contributed by atoms with E-state index in [9.17, 15) is 18.0 Å². The number of primary amides is 1. The summed E-state index contributed by atoms with van der Waals surface area (Å²) in [6.45, 7) is 0.426. The van der Waals surface area contributed by atoms with Crippen LogP contribution in [-0.2, 0) is 11.0 Å². The highest BCUT2D eigenvalue weighted by Gasteiger charge is 2.35. The molecule has 1 aliphatic heterocycles. The van der Waals surface area contributed by atoms with Crippen LogP contribution >= 0.6 is 0 Å². The first-order valence-corrected chi connectivity index (χ1v) is 5.36. The van der Waals surface area contributed by atoms with Gasteiger partial charge in [0.2, 0.25) is 11.9 Å². The van der Waals surface area contributed by atoms with E-state index in [-0.39, 0.29) is 5.95 Å². The monoisotopic (exact) mass is 260 g/mol. The predicted molar refractivity (Wildman–Crippen MR) is 56.6 cm³/mol. The second kappa shape index (κ2) is 4.43. The van der Waals surface area contributed by atoms with Gasteiger partial charge in [-0.2, -0.15) is 13.2 Å². The van der Waals surface area contributed by atoms with Gasteiger partial charge in [0.25, 0.3) is 0 Å². The molecular formula is C10H11F3N4O. The number of alkyl halides is 3. The molecule has 1 atom stereocenters. The molecule has 1 fully saturated rings. The summed E-state index contributed by atoms with van der Waals surface area (Å²) in [7, 11) is 0. The normalized spacial score (nSPS) is 20.2. The minimum atomic E-state index is -4.53. The Morgan fingerprint density at radius 2 is 2.22 bits per heavy atom. The van der Waals surface area contributed by atoms with Gasteiger partial charge in [-0.25, -0.2) is 9.97 Å². The van der Waals surface area contributed by atoms with Crippen LogP contribution in [0.15, 0.2) is 12.3 Å². The lowest BCUT2D eigenvalue weighted by molar-refractivity contribution is -0.141. The lowest BCUT2D eigenvalue weighted by Crippen LogP contribution is -2.41. The first-order chi connectivity index (χ1) is 8.39. The molecule has 5 nitrogen and oxygen atoms in total. The van der Waals surface area contributed by atoms with Gasteiger partial charge < -0.3 is 10.6 Å². The first-order valence-electron chi connectivity index (χ1n) is 5.36. The summed E-state index contributed by atoms with van der Waals surface area (Å²) >= 11 is 0. The van der Waals surface area contributed by atoms with Crippen molar-refractivity contribution in [2.24, 2.45) is 5.73 Å². The lowest BCUT2D eigenvalue weighted by Gasteiger charge is -2.22. The van der Waals surface area contributed by atoms with Crippen molar-refractivity contribution >= 4 is 11.9 Å². The second-order valence-corrected chi connectivity index (χ2v) is 3.99. The van der Waals surface area contributed by atoms with Crippen molar-refractivity contribution in [1.29, 1.82) is 0 Å². The molecule has 2 heterocycles. The molecule has 1 unspecified atom stereocenters. The summed E-state index contributed by atoms with van der Waals surface area (Å²) in [6, 6.07) is 0.159. The number of halogens is 3. The molecule has 0 bridgehead atoms. The summed E-state index contributed by atoms with van der Waals surface area (Å²) in [6.07, 6.45) is -2.32. The van der Waals surface area contributed by atoms with Crippen LogP contribution in [0.2, 0.25) is 0 Å². The third kappa shape index (κ3) is 2.36. The second-order valence-electron chi connectivity index (χ2n) is 3.99. The quantitative estimate of drug-likeness (QED) is 0.859. The number of nitrogens with two attached hydrogens (primary N) is 1. The number of rotatable bonds is 2. The fourth-order valence-electron chi connectivity index (χ4n) is 1.95. The maximum atomic E-state index is 12.5. The van der Waals surface area contributed by atoms with Crippen molar-refractivity contribution in [2.45, 2.75) is 25.1 Å². The SMILES string of the molecule is NC(=O)C1CCCN1c1nccc(C(F)(F)F)n1. The Labute approximate surface area is 101 Å². The van der Waals surface area contributed by atoms with Gasteiger partial charge in [-0.3, -0.25) is 4.79 Å². The molecule has 1 aliphatic rings. The highest BCUT2D eigenvalue weighted by atomic mass is 19.4. The van der Waals surface area contributed by atoms with Gasteiger partial charge in [0, 0.05) is 12.7 Å². The van der Waals surface area contributed by atoms with Crippen molar-refractivity contribution in [3.8, 4) is 0 Å². The van der Waals surface area contributed by atoms with Gasteiger partial charge in [0.1, 0.15) is 11.7 Å². The van der Waals surface area contributed by atoms with Crippen LogP contribution in [-0.4, -0.2) is 28.5 Å². The summed E-state index contributed by atoms with van der Waals surface area (Å²) in [5.41, 5.74) is 4.17. The number of carbonyl (C=O) groups is 1. The summed E-state index contributed by atoms with van der Waals surface area (Å²) in [5, 5.41) is 0. The molecule has 2 rings (SSSR count). The summed E-state index contributed by atoms with van der Waals surface area (Å²) in [4.78, 5) is 19.8. The number of nitrogens with zero attached hydrogens (tertiary/aromatic N) is 3. The molecule has 0 aliphatic carbocycles. The lowest BCUT2D eigenvalue weighted by atomic mass is 10.2. The van der Waals surface area contributed by atoms with Gasteiger partial charge in [0.15, 0.2) is 0 Å². The summed E-state index contributed by atoms with van der Waals surface area (Å²) < 4.78 is 37.5. The molecule has 1 saturated heterocycles. The van der Waals surface area contributed by atoms with Gasteiger partial charge in [0.05, 0.1) is 0 Å². The third-order valence-corrected chi connectivity index (χ3v) is 2.77. The molecule has 1 aromatic heterocycles. The van der Waals surface area contributed by atoms with E-state index in [4.69, 9.17) is 5.73 Å². The Bertz CT molecular complexity index is 463. The average Bonchev–Trinajstić information content (AvgIpc) is 2.77. The van der Waals surface area contributed by atoms with Crippen molar-refractivity contribution in [1.82, 2.24) is 9.97 Å². The van der Waals surface area contributed by atoms with E-state index >= 15 is 0 Å². The van der Waals surface area contributed by atoms with E-state index < -0.39 is 23.8 Å². The van der Waals surface area contributed by atoms with Crippen molar-refractivity contribution in [3.05, 3.63) is 18.0 Å². The van der Waals surface area contributed by atoms with E-state index in [1.807, 2.05) is 0 Å². The molecule has 0 aromatic carbocycles. The van der Waals surface area contributed by atoms with Gasteiger partial charge >= 0.3 is 6.18 Å². The molecule has 1 amide bonds. The van der Waals surface area contributed by atoms with Crippen LogP contribution in [0, 0.1) is 0 Å². The Morgan fingerprint density at radius 3 is 2.83 bits per heavy atom. The maximum absolute atomic E-state index is 12.5. The number of anilines is 1. The summed E-state index contributed by atoms with van der Waals surface area (Å²) in [5.74, 6) is -0.681. The van der Waals surface area contributed by atoms with E-state index in [2.05, 4.69) is 9.97 Å². The Balaban J connectivity index is 2.31. The molecule has 0 saturated carbocycles. The molecule has 98 valence electrons. The standard InChI is InChI=1S/C10H11F3N4O/c11-10(12,13)7-3-4-15-9(16-7)17-5-1-2-6(17)8(14)18/h3-4,6H,1-2,5H2,(H2,14,18). The van der Waals surface area contributed by atoms with Gasteiger partial charge in [-0.05, 0) is 18.9 Å². The predicted octanol–water partition coefficient (Wildman–Crippen LogP) is 0.950. The maximum Gasteiger partial charge on any atom is 0.433 e. The molecule has 18 heavy (non-hydrogen) atoms. The van der Waals surface area contributed by atoms with Crippen LogP contribution in [0.5, 0.6) is 0 Å². The highest BCUT2D eigenvalue weighted by Crippen LogP contribution is 2.29. The zero-order valence-electron chi connectivity index (χ0n) is 9.31. The number of carbonyl (C=O) groups excluding carboxylic acids is 1. The Hall–Kier alpha value is -1.86. The minimum Gasteiger partial charge on any atom is -0.368 e. The molecule has 2 N–H and O–H groups in total. The number of hydrogen-bond acceptors (Lipinski definition) is 4. The van der Waals surface area contributed by atoms with Crippen LogP contribution in [0.25, 0.3) is 0 Å². The third-order valence-electron chi connectivity index (χ3n) is 2.77. The van der Waals surface area contributed by atoms with Crippen molar-refractivity contribution < 1.29 is 18.0 Å². The molecule has 1 aromatic rings. The highest BCUT2D eigenvalue weighted by molar-refractivity contribution is 5.83. The van der Waals surface area contributed by atoms with Crippen LogP contribution in [0.4, 0.5) is 19.1 Å². The van der Waals surface area contributed by atoms with Crippen molar-refractivity contribution in [3.63, 3.8) is 0 Å². The van der Waals surface area contributed by atoms with Crippen molar-refractivity contribution in [2.75, 3.05) is 11.4 Å². The van der Waals surface area contributed by atoms with E-state index in [0.717, 1.165) is 12.3 Å². The number of hydrogen-bond donors (Lipinski definition) is 1. The molecule has 8 heteroatoms. The zero-order valence-corrected chi connectivity index (χ0v) is 9.31. The smallest absolute Gasteiger partial charge is 0.368 e. The topological polar surface area (TPSA) is 72.1 Å². The van der Waals surface area contributed by atoms with Crippen LogP contribution in [0.3, 0.4) is 0 Å². The van der Waals surface area contributed by atoms with Gasteiger partial charge in [-0.1, -0.05) is 0 Å². The average molecular weight is 260 g/mol. The molecular weight excluding hydrogens is 249 g/mol. The van der Waals surface area contributed by atoms with E-state index in [0.29, 0.717) is 19.4 Å².